The van der Waals surface area contributed by atoms with E-state index in [2.05, 4.69) is 24.0 Å². The number of nitrogens with zero attached hydrogens (tertiary/aromatic N) is 1. The number of benzene rings is 1. The predicted octanol–water partition coefficient (Wildman–Crippen LogP) is 2.70. The molecule has 0 aliphatic carbocycles. The van der Waals surface area contributed by atoms with E-state index in [1.54, 1.807) is 0 Å². The summed E-state index contributed by atoms with van der Waals surface area (Å²) in [5, 5.41) is 0. The zero-order valence-corrected chi connectivity index (χ0v) is 12.0. The topological polar surface area (TPSA) is 38.5 Å². The maximum absolute atomic E-state index is 5.71. The lowest BCUT2D eigenvalue weighted by atomic mass is 10.1. The first-order valence-corrected chi connectivity index (χ1v) is 7.46. The van der Waals surface area contributed by atoms with Crippen LogP contribution in [0.4, 0.5) is 5.69 Å². The van der Waals surface area contributed by atoms with Gasteiger partial charge in [0.1, 0.15) is 0 Å². The number of ether oxygens (including phenoxy) is 1. The quantitative estimate of drug-likeness (QED) is 0.768. The highest BCUT2D eigenvalue weighted by atomic mass is 16.5. The summed E-state index contributed by atoms with van der Waals surface area (Å²) in [5.41, 5.74) is 7.92. The molecule has 1 saturated heterocycles. The molecule has 3 nitrogen and oxygen atoms in total. The maximum atomic E-state index is 5.71. The minimum atomic E-state index is 0.469. The number of rotatable bonds is 7. The molecule has 1 aliphatic heterocycles. The van der Waals surface area contributed by atoms with Crippen LogP contribution in [0.5, 0.6) is 0 Å². The summed E-state index contributed by atoms with van der Waals surface area (Å²) in [6.07, 6.45) is 5.26. The van der Waals surface area contributed by atoms with E-state index in [0.717, 1.165) is 38.3 Å². The molecule has 1 unspecified atom stereocenters. The smallest absolute Gasteiger partial charge is 0.0702 e. The summed E-state index contributed by atoms with van der Waals surface area (Å²) < 4.78 is 5.71. The van der Waals surface area contributed by atoms with Crippen LogP contribution in [0.3, 0.4) is 0 Å². The van der Waals surface area contributed by atoms with Gasteiger partial charge < -0.3 is 15.4 Å². The lowest BCUT2D eigenvalue weighted by molar-refractivity contribution is 0.0745. The lowest BCUT2D eigenvalue weighted by Gasteiger charge is -2.23. The molecular weight excluding hydrogens is 236 g/mol. The Morgan fingerprint density at radius 3 is 2.74 bits per heavy atom. The SMILES string of the molecule is CCN(CCCc1ccc(N)cc1)CC1CCCO1. The van der Waals surface area contributed by atoms with Crippen molar-refractivity contribution < 1.29 is 4.74 Å². The molecule has 0 saturated carbocycles. The molecular formula is C16H26N2O. The number of aryl methyl sites for hydroxylation is 1. The van der Waals surface area contributed by atoms with Gasteiger partial charge in [0, 0.05) is 18.8 Å². The fourth-order valence-electron chi connectivity index (χ4n) is 2.65. The fourth-order valence-corrected chi connectivity index (χ4v) is 2.65. The summed E-state index contributed by atoms with van der Waals surface area (Å²) >= 11 is 0. The van der Waals surface area contributed by atoms with Crippen molar-refractivity contribution in [3.63, 3.8) is 0 Å². The summed E-state index contributed by atoms with van der Waals surface area (Å²) in [5.74, 6) is 0. The van der Waals surface area contributed by atoms with Gasteiger partial charge in [-0.1, -0.05) is 19.1 Å². The molecule has 2 rings (SSSR count). The number of anilines is 1. The summed E-state index contributed by atoms with van der Waals surface area (Å²) in [6, 6.07) is 8.23. The normalized spacial score (nSPS) is 19.2. The van der Waals surface area contributed by atoms with E-state index in [1.165, 1.54) is 24.8 Å². The Morgan fingerprint density at radius 2 is 2.11 bits per heavy atom. The van der Waals surface area contributed by atoms with E-state index in [0.29, 0.717) is 6.10 Å². The Balaban J connectivity index is 1.69. The molecule has 0 spiro atoms. The second kappa shape index (κ2) is 7.51. The van der Waals surface area contributed by atoms with E-state index in [-0.39, 0.29) is 0 Å². The molecule has 0 radical (unpaired) electrons. The number of hydrogen-bond acceptors (Lipinski definition) is 3. The second-order valence-electron chi connectivity index (χ2n) is 5.37. The molecule has 3 heteroatoms. The zero-order valence-electron chi connectivity index (χ0n) is 12.0. The van der Waals surface area contributed by atoms with Crippen LogP contribution in [-0.2, 0) is 11.2 Å². The average molecular weight is 262 g/mol. The van der Waals surface area contributed by atoms with E-state index in [4.69, 9.17) is 10.5 Å². The van der Waals surface area contributed by atoms with Crippen LogP contribution < -0.4 is 5.73 Å². The van der Waals surface area contributed by atoms with Crippen molar-refractivity contribution in [3.8, 4) is 0 Å². The predicted molar refractivity (Wildman–Crippen MR) is 80.3 cm³/mol. The van der Waals surface area contributed by atoms with Crippen molar-refractivity contribution in [3.05, 3.63) is 29.8 Å². The molecule has 1 aliphatic rings. The van der Waals surface area contributed by atoms with Gasteiger partial charge in [-0.25, -0.2) is 0 Å². The van der Waals surface area contributed by atoms with Crippen LogP contribution in [0.15, 0.2) is 24.3 Å². The Morgan fingerprint density at radius 1 is 1.32 bits per heavy atom. The van der Waals surface area contributed by atoms with Crippen molar-refractivity contribution in [2.75, 3.05) is 32.0 Å². The van der Waals surface area contributed by atoms with Gasteiger partial charge in [-0.2, -0.15) is 0 Å². The number of nitrogens with two attached hydrogens (primary N) is 1. The summed E-state index contributed by atoms with van der Waals surface area (Å²) in [6.45, 7) is 6.55. The Bertz CT molecular complexity index is 358. The molecule has 1 atom stereocenters. The molecule has 0 amide bonds. The zero-order chi connectivity index (χ0) is 13.5. The van der Waals surface area contributed by atoms with Crippen LogP contribution in [0.2, 0.25) is 0 Å². The molecule has 0 bridgehead atoms. The number of likely N-dealkylation sites (N-methyl/N-ethyl adjacent to an activating group) is 1. The van der Waals surface area contributed by atoms with Crippen LogP contribution >= 0.6 is 0 Å². The molecule has 1 fully saturated rings. The van der Waals surface area contributed by atoms with E-state index in [1.807, 2.05) is 12.1 Å². The van der Waals surface area contributed by atoms with Gasteiger partial charge in [0.05, 0.1) is 6.10 Å². The van der Waals surface area contributed by atoms with Gasteiger partial charge in [0.25, 0.3) is 0 Å². The standard InChI is InChI=1S/C16H26N2O/c1-2-18(13-16-6-4-12-19-16)11-3-5-14-7-9-15(17)10-8-14/h7-10,16H,2-6,11-13,17H2,1H3. The Kier molecular flexibility index (Phi) is 5.67. The van der Waals surface area contributed by atoms with Crippen LogP contribution in [0.1, 0.15) is 31.7 Å². The molecule has 1 aromatic rings. The molecule has 0 aromatic heterocycles. The monoisotopic (exact) mass is 262 g/mol. The van der Waals surface area contributed by atoms with Crippen LogP contribution in [0, 0.1) is 0 Å². The first-order valence-electron chi connectivity index (χ1n) is 7.46. The van der Waals surface area contributed by atoms with E-state index < -0.39 is 0 Å². The second-order valence-corrected chi connectivity index (χ2v) is 5.37. The minimum Gasteiger partial charge on any atom is -0.399 e. The Hall–Kier alpha value is -1.06. The maximum Gasteiger partial charge on any atom is 0.0702 e. The highest BCUT2D eigenvalue weighted by Gasteiger charge is 2.17. The third-order valence-corrected chi connectivity index (χ3v) is 3.85. The third-order valence-electron chi connectivity index (χ3n) is 3.85. The van der Waals surface area contributed by atoms with Crippen molar-refractivity contribution in [2.45, 2.75) is 38.7 Å². The highest BCUT2D eigenvalue weighted by Crippen LogP contribution is 2.14. The van der Waals surface area contributed by atoms with Gasteiger partial charge >= 0.3 is 0 Å². The third kappa shape index (κ3) is 4.84. The van der Waals surface area contributed by atoms with Crippen molar-refractivity contribution in [2.24, 2.45) is 0 Å². The van der Waals surface area contributed by atoms with Gasteiger partial charge in [-0.05, 0) is 56.5 Å². The first kappa shape index (κ1) is 14.4. The fraction of sp³-hybridized carbons (Fsp3) is 0.625. The average Bonchev–Trinajstić information content (AvgIpc) is 2.93. The highest BCUT2D eigenvalue weighted by molar-refractivity contribution is 5.39. The molecule has 19 heavy (non-hydrogen) atoms. The molecule has 2 N–H and O–H groups in total. The van der Waals surface area contributed by atoms with E-state index in [9.17, 15) is 0 Å². The molecule has 1 heterocycles. The van der Waals surface area contributed by atoms with Crippen molar-refractivity contribution in [1.82, 2.24) is 4.90 Å². The lowest BCUT2D eigenvalue weighted by Crippen LogP contribution is -2.33. The number of nitrogen functional groups attached to an aromatic ring is 1. The summed E-state index contributed by atoms with van der Waals surface area (Å²) in [4.78, 5) is 2.51. The molecule has 106 valence electrons. The number of hydrogen-bond donors (Lipinski definition) is 1. The van der Waals surface area contributed by atoms with Crippen LogP contribution in [0.25, 0.3) is 0 Å². The van der Waals surface area contributed by atoms with Crippen molar-refractivity contribution in [1.29, 1.82) is 0 Å². The van der Waals surface area contributed by atoms with Crippen LogP contribution in [-0.4, -0.2) is 37.2 Å². The Labute approximate surface area is 116 Å². The first-order chi connectivity index (χ1) is 9.28. The van der Waals surface area contributed by atoms with Crippen molar-refractivity contribution >= 4 is 5.69 Å². The van der Waals surface area contributed by atoms with Gasteiger partial charge in [-0.3, -0.25) is 0 Å². The molecule has 1 aromatic carbocycles. The largest absolute Gasteiger partial charge is 0.399 e. The minimum absolute atomic E-state index is 0.469. The van der Waals surface area contributed by atoms with E-state index >= 15 is 0 Å². The van der Waals surface area contributed by atoms with Gasteiger partial charge in [0.15, 0.2) is 0 Å². The van der Waals surface area contributed by atoms with Gasteiger partial charge in [-0.15, -0.1) is 0 Å². The summed E-state index contributed by atoms with van der Waals surface area (Å²) in [7, 11) is 0. The van der Waals surface area contributed by atoms with Gasteiger partial charge in [0.2, 0.25) is 0 Å².